The molecule has 130 valence electrons. The average Bonchev–Trinajstić information content (AvgIpc) is 2.90. The summed E-state index contributed by atoms with van der Waals surface area (Å²) in [6, 6.07) is 6.50. The van der Waals surface area contributed by atoms with Gasteiger partial charge in [0.25, 0.3) is 5.91 Å². The molecular weight excluding hydrogens is 338 g/mol. The van der Waals surface area contributed by atoms with Crippen LogP contribution in [0.1, 0.15) is 6.42 Å². The number of fused-ring (bicyclic) bond motifs is 1. The largest absolute Gasteiger partial charge is 0.485 e. The van der Waals surface area contributed by atoms with Gasteiger partial charge in [0.15, 0.2) is 27.9 Å². The molecule has 2 aliphatic heterocycles. The van der Waals surface area contributed by atoms with Gasteiger partial charge in [0.2, 0.25) is 6.10 Å². The molecule has 0 aromatic heterocycles. The van der Waals surface area contributed by atoms with Crippen LogP contribution in [-0.4, -0.2) is 57.2 Å². The van der Waals surface area contributed by atoms with E-state index in [9.17, 15) is 18.0 Å². The Morgan fingerprint density at radius 3 is 2.71 bits per heavy atom. The molecule has 0 saturated carbocycles. The van der Waals surface area contributed by atoms with Crippen molar-refractivity contribution < 1.29 is 32.2 Å². The van der Waals surface area contributed by atoms with Crippen molar-refractivity contribution in [1.29, 1.82) is 0 Å². The Morgan fingerprint density at radius 2 is 2.00 bits per heavy atom. The highest BCUT2D eigenvalue weighted by molar-refractivity contribution is 7.91. The molecule has 0 radical (unpaired) electrons. The van der Waals surface area contributed by atoms with Gasteiger partial charge in [-0.05, 0) is 18.6 Å². The second-order valence-electron chi connectivity index (χ2n) is 5.64. The van der Waals surface area contributed by atoms with Crippen LogP contribution in [-0.2, 0) is 24.2 Å². The fourth-order valence-corrected chi connectivity index (χ4v) is 4.22. The maximum absolute atomic E-state index is 11.9. The van der Waals surface area contributed by atoms with E-state index in [4.69, 9.17) is 14.2 Å². The zero-order chi connectivity index (χ0) is 17.2. The summed E-state index contributed by atoms with van der Waals surface area (Å²) < 4.78 is 38.5. The molecule has 2 aliphatic rings. The van der Waals surface area contributed by atoms with E-state index in [-0.39, 0.29) is 18.1 Å². The Morgan fingerprint density at radius 1 is 1.25 bits per heavy atom. The Balaban J connectivity index is 1.45. The van der Waals surface area contributed by atoms with Gasteiger partial charge in [-0.25, -0.2) is 13.2 Å². The van der Waals surface area contributed by atoms with Crippen LogP contribution in [0.5, 0.6) is 11.5 Å². The normalized spacial score (nSPS) is 24.2. The van der Waals surface area contributed by atoms with Crippen LogP contribution >= 0.6 is 0 Å². The number of carbonyl (C=O) groups excluding carboxylic acids is 2. The average molecular weight is 355 g/mol. The number of rotatable bonds is 4. The van der Waals surface area contributed by atoms with E-state index < -0.39 is 40.5 Å². The summed E-state index contributed by atoms with van der Waals surface area (Å²) in [6.07, 6.45) is -0.571. The van der Waals surface area contributed by atoms with Crippen molar-refractivity contribution in [2.45, 2.75) is 18.6 Å². The lowest BCUT2D eigenvalue weighted by atomic mass is 10.2. The summed E-state index contributed by atoms with van der Waals surface area (Å²) in [6.45, 7) is -0.491. The molecule has 1 fully saturated rings. The number of sulfone groups is 1. The van der Waals surface area contributed by atoms with Gasteiger partial charge < -0.3 is 19.5 Å². The molecule has 1 aromatic rings. The van der Waals surface area contributed by atoms with E-state index in [1.165, 1.54) is 0 Å². The molecule has 2 heterocycles. The van der Waals surface area contributed by atoms with Crippen molar-refractivity contribution >= 4 is 21.7 Å². The molecule has 0 unspecified atom stereocenters. The molecule has 0 aliphatic carbocycles. The predicted molar refractivity (Wildman–Crippen MR) is 82.5 cm³/mol. The monoisotopic (exact) mass is 355 g/mol. The molecule has 1 saturated heterocycles. The van der Waals surface area contributed by atoms with Crippen molar-refractivity contribution in [3.05, 3.63) is 24.3 Å². The second kappa shape index (κ2) is 6.68. The molecule has 0 spiro atoms. The molecule has 1 amide bonds. The first-order chi connectivity index (χ1) is 11.4. The summed E-state index contributed by atoms with van der Waals surface area (Å²) in [4.78, 5) is 23.7. The Bertz CT molecular complexity index is 746. The third kappa shape index (κ3) is 3.97. The van der Waals surface area contributed by atoms with Gasteiger partial charge >= 0.3 is 5.97 Å². The first-order valence-corrected chi connectivity index (χ1v) is 9.30. The number of hydrogen-bond donors (Lipinski definition) is 1. The van der Waals surface area contributed by atoms with Gasteiger partial charge in [0.05, 0.1) is 11.5 Å². The number of benzene rings is 1. The van der Waals surface area contributed by atoms with Crippen LogP contribution in [0.3, 0.4) is 0 Å². The third-order valence-electron chi connectivity index (χ3n) is 3.71. The van der Waals surface area contributed by atoms with Crippen LogP contribution in [0, 0.1) is 0 Å². The van der Waals surface area contributed by atoms with Crippen molar-refractivity contribution in [3.8, 4) is 11.5 Å². The van der Waals surface area contributed by atoms with Crippen molar-refractivity contribution in [2.75, 3.05) is 24.7 Å². The summed E-state index contributed by atoms with van der Waals surface area (Å²) in [7, 11) is -3.08. The van der Waals surface area contributed by atoms with Gasteiger partial charge in [0, 0.05) is 6.04 Å². The molecule has 1 aromatic carbocycles. The van der Waals surface area contributed by atoms with E-state index >= 15 is 0 Å². The van der Waals surface area contributed by atoms with Crippen LogP contribution in [0.4, 0.5) is 0 Å². The van der Waals surface area contributed by atoms with Gasteiger partial charge in [-0.1, -0.05) is 12.1 Å². The van der Waals surface area contributed by atoms with Gasteiger partial charge in [-0.15, -0.1) is 0 Å². The van der Waals surface area contributed by atoms with Crippen molar-refractivity contribution in [3.63, 3.8) is 0 Å². The number of nitrogens with one attached hydrogen (secondary N) is 1. The maximum Gasteiger partial charge on any atom is 0.351 e. The Labute approximate surface area is 139 Å². The highest BCUT2D eigenvalue weighted by Gasteiger charge is 2.31. The predicted octanol–water partition coefficient (Wildman–Crippen LogP) is -0.327. The smallest absolute Gasteiger partial charge is 0.351 e. The lowest BCUT2D eigenvalue weighted by Gasteiger charge is -2.24. The lowest BCUT2D eigenvalue weighted by molar-refractivity contribution is -0.157. The molecule has 2 atom stereocenters. The van der Waals surface area contributed by atoms with E-state index in [2.05, 4.69) is 5.32 Å². The Kier molecular flexibility index (Phi) is 4.61. The first kappa shape index (κ1) is 16.6. The standard InChI is InChI=1S/C15H17NO7S/c17-14(16-10-5-6-24(19,20)9-10)8-22-15(18)13-7-21-11-3-1-2-4-12(11)23-13/h1-4,10,13H,5-9H2,(H,16,17)/t10-,13+/m1/s1. The number of carbonyl (C=O) groups is 2. The highest BCUT2D eigenvalue weighted by atomic mass is 32.2. The van der Waals surface area contributed by atoms with Crippen LogP contribution in [0.25, 0.3) is 0 Å². The second-order valence-corrected chi connectivity index (χ2v) is 7.87. The fraction of sp³-hybridized carbons (Fsp3) is 0.467. The summed E-state index contributed by atoms with van der Waals surface area (Å²) in [5.41, 5.74) is 0. The molecule has 1 N–H and O–H groups in total. The maximum atomic E-state index is 11.9. The van der Waals surface area contributed by atoms with E-state index in [0.29, 0.717) is 17.9 Å². The van der Waals surface area contributed by atoms with Crippen LogP contribution in [0.2, 0.25) is 0 Å². The Hall–Kier alpha value is -2.29. The van der Waals surface area contributed by atoms with Crippen LogP contribution in [0.15, 0.2) is 24.3 Å². The number of ether oxygens (including phenoxy) is 3. The first-order valence-electron chi connectivity index (χ1n) is 7.48. The molecule has 9 heteroatoms. The molecule has 0 bridgehead atoms. The quantitative estimate of drug-likeness (QED) is 0.737. The zero-order valence-corrected chi connectivity index (χ0v) is 13.6. The minimum absolute atomic E-state index is 0.00165. The van der Waals surface area contributed by atoms with Gasteiger partial charge in [-0.3, -0.25) is 4.79 Å². The van der Waals surface area contributed by atoms with E-state index in [0.717, 1.165) is 0 Å². The third-order valence-corrected chi connectivity index (χ3v) is 5.48. The lowest BCUT2D eigenvalue weighted by Crippen LogP contribution is -2.41. The summed E-state index contributed by atoms with van der Waals surface area (Å²) in [5, 5.41) is 2.54. The minimum Gasteiger partial charge on any atom is -0.485 e. The number of para-hydroxylation sites is 2. The minimum atomic E-state index is -3.08. The number of amides is 1. The van der Waals surface area contributed by atoms with Crippen molar-refractivity contribution in [2.24, 2.45) is 0 Å². The molecule has 3 rings (SSSR count). The summed E-state index contributed by atoms with van der Waals surface area (Å²) in [5.74, 6) is -0.290. The van der Waals surface area contributed by atoms with Crippen LogP contribution < -0.4 is 14.8 Å². The van der Waals surface area contributed by atoms with E-state index in [1.54, 1.807) is 24.3 Å². The zero-order valence-electron chi connectivity index (χ0n) is 12.8. The SMILES string of the molecule is O=C(COC(=O)[C@@H]1COc2ccccc2O1)N[C@@H]1CCS(=O)(=O)C1. The summed E-state index contributed by atoms with van der Waals surface area (Å²) >= 11 is 0. The fourth-order valence-electron chi connectivity index (χ4n) is 2.54. The highest BCUT2D eigenvalue weighted by Crippen LogP contribution is 2.31. The van der Waals surface area contributed by atoms with Crippen molar-refractivity contribution in [1.82, 2.24) is 5.32 Å². The molecule has 24 heavy (non-hydrogen) atoms. The topological polar surface area (TPSA) is 108 Å². The number of esters is 1. The molecular formula is C15H17NO7S. The van der Waals surface area contributed by atoms with Gasteiger partial charge in [0.1, 0.15) is 6.61 Å². The van der Waals surface area contributed by atoms with E-state index in [1.807, 2.05) is 0 Å². The number of hydrogen-bond acceptors (Lipinski definition) is 7. The molecule has 8 nitrogen and oxygen atoms in total. The van der Waals surface area contributed by atoms with Gasteiger partial charge in [-0.2, -0.15) is 0 Å².